The van der Waals surface area contributed by atoms with E-state index in [0.717, 1.165) is 38.0 Å². The molecule has 0 bridgehead atoms. The maximum absolute atomic E-state index is 4.85. The van der Waals surface area contributed by atoms with Gasteiger partial charge >= 0.3 is 0 Å². The molecule has 3 aromatic carbocycles. The first kappa shape index (κ1) is 18.7. The van der Waals surface area contributed by atoms with Crippen LogP contribution < -0.4 is 0 Å². The molecular formula is C25H19BrN4. The maximum Gasteiger partial charge on any atom is 0.181 e. The molecule has 146 valence electrons. The molecule has 0 aliphatic heterocycles. The van der Waals surface area contributed by atoms with Crippen LogP contribution in [0.2, 0.25) is 0 Å². The third-order valence-electron chi connectivity index (χ3n) is 5.38. The molecule has 2 aromatic heterocycles. The van der Waals surface area contributed by atoms with Crippen molar-refractivity contribution in [2.24, 2.45) is 0 Å². The molecule has 0 N–H and O–H groups in total. The highest BCUT2D eigenvalue weighted by molar-refractivity contribution is 9.10. The first-order chi connectivity index (χ1) is 14.7. The molecule has 5 aromatic rings. The normalized spacial score (nSPS) is 11.7. The quantitative estimate of drug-likeness (QED) is 0.325. The summed E-state index contributed by atoms with van der Waals surface area (Å²) >= 11 is 3.64. The van der Waals surface area contributed by atoms with Crippen molar-refractivity contribution in [2.45, 2.75) is 12.5 Å². The zero-order valence-corrected chi connectivity index (χ0v) is 18.0. The summed E-state index contributed by atoms with van der Waals surface area (Å²) in [5.74, 6) is 0. The number of rotatable bonds is 4. The van der Waals surface area contributed by atoms with Crippen molar-refractivity contribution in [3.8, 4) is 0 Å². The van der Waals surface area contributed by atoms with E-state index in [-0.39, 0.29) is 0 Å². The van der Waals surface area contributed by atoms with Crippen LogP contribution in [0.4, 0.5) is 0 Å². The average Bonchev–Trinajstić information content (AvgIpc) is 3.21. The number of nitrogens with zero attached hydrogens (tertiary/aromatic N) is 4. The molecule has 0 spiro atoms. The van der Waals surface area contributed by atoms with Gasteiger partial charge < -0.3 is 0 Å². The lowest BCUT2D eigenvalue weighted by molar-refractivity contribution is 0.457. The van der Waals surface area contributed by atoms with Gasteiger partial charge in [0.05, 0.1) is 4.47 Å². The molecular weight excluding hydrogens is 436 g/mol. The van der Waals surface area contributed by atoms with Gasteiger partial charge in [0.15, 0.2) is 5.65 Å². The second-order valence-electron chi connectivity index (χ2n) is 7.23. The number of hydrogen-bond acceptors (Lipinski definition) is 3. The Hall–Kier alpha value is -3.31. The molecule has 0 aliphatic rings. The largest absolute Gasteiger partial charge is 0.232 e. The summed E-state index contributed by atoms with van der Waals surface area (Å²) in [6, 6.07) is 33.2. The van der Waals surface area contributed by atoms with Crippen LogP contribution in [0.25, 0.3) is 11.2 Å². The van der Waals surface area contributed by atoms with E-state index in [9.17, 15) is 0 Å². The van der Waals surface area contributed by atoms with E-state index in [2.05, 4.69) is 99.0 Å². The lowest BCUT2D eigenvalue weighted by Crippen LogP contribution is -2.38. The topological polar surface area (TPSA) is 43.6 Å². The van der Waals surface area contributed by atoms with Gasteiger partial charge in [-0.25, -0.2) is 9.67 Å². The Labute approximate surface area is 183 Å². The van der Waals surface area contributed by atoms with Crippen LogP contribution in [0.1, 0.15) is 22.4 Å². The Kier molecular flexibility index (Phi) is 4.68. The SMILES string of the molecule is Cc1cc(Br)c2nnn(C(c3ccccc3)(c3ccccc3)c3ccccc3)c2n1. The standard InChI is InChI=1S/C25H19BrN4/c1-18-17-22(26)23-24(27-18)30(29-28-23)25(19-11-5-2-6-12-19,20-13-7-3-8-14-20)21-15-9-4-10-16-21/h2-17H,1H3. The summed E-state index contributed by atoms with van der Waals surface area (Å²) in [5.41, 5.74) is 4.93. The lowest BCUT2D eigenvalue weighted by atomic mass is 9.77. The minimum absolute atomic E-state index is 0.723. The molecule has 0 atom stereocenters. The highest BCUT2D eigenvalue weighted by Gasteiger charge is 2.41. The number of aromatic nitrogens is 4. The fraction of sp³-hybridized carbons (Fsp3) is 0.0800. The van der Waals surface area contributed by atoms with Gasteiger partial charge in [-0.3, -0.25) is 0 Å². The molecule has 2 heterocycles. The molecule has 0 aliphatic carbocycles. The van der Waals surface area contributed by atoms with Gasteiger partial charge in [-0.2, -0.15) is 0 Å². The summed E-state index contributed by atoms with van der Waals surface area (Å²) in [6.07, 6.45) is 0. The van der Waals surface area contributed by atoms with Crippen molar-refractivity contribution in [2.75, 3.05) is 0 Å². The van der Waals surface area contributed by atoms with Crippen molar-refractivity contribution < 1.29 is 0 Å². The van der Waals surface area contributed by atoms with Crippen LogP contribution >= 0.6 is 15.9 Å². The third-order valence-corrected chi connectivity index (χ3v) is 5.99. The zero-order valence-electron chi connectivity index (χ0n) is 16.4. The smallest absolute Gasteiger partial charge is 0.181 e. The van der Waals surface area contributed by atoms with Gasteiger partial charge in [-0.15, -0.1) is 5.10 Å². The molecule has 0 radical (unpaired) electrons. The Balaban J connectivity index is 1.98. The highest BCUT2D eigenvalue weighted by atomic mass is 79.9. The Morgan fingerprint density at radius 1 is 0.733 bits per heavy atom. The van der Waals surface area contributed by atoms with Crippen LogP contribution in [0.3, 0.4) is 0 Å². The number of fused-ring (bicyclic) bond motifs is 1. The molecule has 0 fully saturated rings. The van der Waals surface area contributed by atoms with Gasteiger partial charge in [0, 0.05) is 5.69 Å². The second kappa shape index (κ2) is 7.50. The van der Waals surface area contributed by atoms with Gasteiger partial charge in [0.25, 0.3) is 0 Å². The van der Waals surface area contributed by atoms with E-state index < -0.39 is 5.54 Å². The first-order valence-corrected chi connectivity index (χ1v) is 10.6. The van der Waals surface area contributed by atoms with Crippen LogP contribution in [-0.2, 0) is 5.54 Å². The zero-order chi connectivity index (χ0) is 20.6. The van der Waals surface area contributed by atoms with Crippen LogP contribution in [0.5, 0.6) is 0 Å². The van der Waals surface area contributed by atoms with Crippen molar-refractivity contribution in [1.29, 1.82) is 0 Å². The van der Waals surface area contributed by atoms with E-state index in [1.807, 2.05) is 35.9 Å². The predicted molar refractivity (Wildman–Crippen MR) is 122 cm³/mol. The predicted octanol–water partition coefficient (Wildman–Crippen LogP) is 5.74. The van der Waals surface area contributed by atoms with E-state index in [1.54, 1.807) is 0 Å². The molecule has 0 amide bonds. The third kappa shape index (κ3) is 2.85. The van der Waals surface area contributed by atoms with Gasteiger partial charge in [0.2, 0.25) is 0 Å². The van der Waals surface area contributed by atoms with Crippen molar-refractivity contribution >= 4 is 27.1 Å². The highest BCUT2D eigenvalue weighted by Crippen LogP contribution is 2.41. The summed E-state index contributed by atoms with van der Waals surface area (Å²) in [6.45, 7) is 1.98. The molecule has 30 heavy (non-hydrogen) atoms. The van der Waals surface area contributed by atoms with E-state index in [1.165, 1.54) is 0 Å². The summed E-state index contributed by atoms with van der Waals surface area (Å²) in [4.78, 5) is 4.85. The van der Waals surface area contributed by atoms with Gasteiger partial charge in [-0.1, -0.05) is 96.2 Å². The Morgan fingerprint density at radius 3 is 1.67 bits per heavy atom. The molecule has 0 saturated carbocycles. The Morgan fingerprint density at radius 2 is 1.20 bits per heavy atom. The molecule has 0 unspecified atom stereocenters. The number of hydrogen-bond donors (Lipinski definition) is 0. The lowest BCUT2D eigenvalue weighted by Gasteiger charge is -2.35. The molecule has 5 rings (SSSR count). The minimum Gasteiger partial charge on any atom is -0.232 e. The molecule has 4 nitrogen and oxygen atoms in total. The summed E-state index contributed by atoms with van der Waals surface area (Å²) in [7, 11) is 0. The van der Waals surface area contributed by atoms with Crippen LogP contribution in [0.15, 0.2) is 102 Å². The van der Waals surface area contributed by atoms with Crippen LogP contribution in [-0.4, -0.2) is 20.0 Å². The van der Waals surface area contributed by atoms with Crippen molar-refractivity contribution in [3.63, 3.8) is 0 Å². The maximum atomic E-state index is 4.85. The van der Waals surface area contributed by atoms with E-state index in [4.69, 9.17) is 4.98 Å². The minimum atomic E-state index is -0.723. The Bertz CT molecular complexity index is 1200. The summed E-state index contributed by atoms with van der Waals surface area (Å²) < 4.78 is 2.85. The van der Waals surface area contributed by atoms with E-state index >= 15 is 0 Å². The van der Waals surface area contributed by atoms with Crippen molar-refractivity contribution in [3.05, 3.63) is 124 Å². The molecule has 5 heteroatoms. The fourth-order valence-electron chi connectivity index (χ4n) is 4.11. The van der Waals surface area contributed by atoms with Crippen molar-refractivity contribution in [1.82, 2.24) is 20.0 Å². The second-order valence-corrected chi connectivity index (χ2v) is 8.08. The van der Waals surface area contributed by atoms with Gasteiger partial charge in [-0.05, 0) is 45.6 Å². The monoisotopic (exact) mass is 454 g/mol. The number of benzene rings is 3. The first-order valence-electron chi connectivity index (χ1n) is 9.77. The van der Waals surface area contributed by atoms with E-state index in [0.29, 0.717) is 0 Å². The van der Waals surface area contributed by atoms with Gasteiger partial charge in [0.1, 0.15) is 11.1 Å². The average molecular weight is 455 g/mol. The number of aryl methyl sites for hydroxylation is 1. The molecule has 0 saturated heterocycles. The fourth-order valence-corrected chi connectivity index (χ4v) is 4.70. The number of halogens is 1. The van der Waals surface area contributed by atoms with Crippen LogP contribution in [0, 0.1) is 6.92 Å². The number of pyridine rings is 1. The summed E-state index contributed by atoms with van der Waals surface area (Å²) in [5, 5.41) is 9.18.